The number of H-pyrrole nitrogens is 1. The number of nitrogens with one attached hydrogen (secondary N) is 2. The summed E-state index contributed by atoms with van der Waals surface area (Å²) in [7, 11) is 1.62. The number of hydrogen-bond acceptors (Lipinski definition) is 4. The van der Waals surface area contributed by atoms with Crippen molar-refractivity contribution in [1.29, 1.82) is 0 Å². The van der Waals surface area contributed by atoms with Crippen LogP contribution >= 0.6 is 0 Å². The number of para-hydroxylation sites is 1. The highest BCUT2D eigenvalue weighted by molar-refractivity contribution is 5.92. The molecule has 0 bridgehead atoms. The number of benzene rings is 2. The molecule has 1 unspecified atom stereocenters. The molecule has 0 spiro atoms. The highest BCUT2D eigenvalue weighted by Gasteiger charge is 2.39. The average Bonchev–Trinajstić information content (AvgIpc) is 3.42. The minimum Gasteiger partial charge on any atom is -0.497 e. The van der Waals surface area contributed by atoms with Gasteiger partial charge in [-0.05, 0) is 36.4 Å². The largest absolute Gasteiger partial charge is 0.497 e. The molecule has 0 fully saturated rings. The first-order valence-corrected chi connectivity index (χ1v) is 9.63. The minimum atomic E-state index is -1.20. The first-order chi connectivity index (χ1) is 14.7. The molecule has 0 aliphatic rings. The number of hydrogen-bond donors (Lipinski definition) is 2. The molecule has 2 N–H and O–H groups in total. The standard InChI is InChI=1S/C24H20N4O2/c1-30-19-9-6-7-17(13-19)26-24(16-29,21-15-25-22-11-3-2-10-20(21)22)23-14-18-8-4-5-12-28(18)27-23/h2-16,25-26H,1H3. The normalized spacial score (nSPS) is 13.2. The highest BCUT2D eigenvalue weighted by Crippen LogP contribution is 2.36. The Labute approximate surface area is 173 Å². The van der Waals surface area contributed by atoms with Crippen LogP contribution in [0.15, 0.2) is 85.2 Å². The summed E-state index contributed by atoms with van der Waals surface area (Å²) >= 11 is 0. The third-order valence-corrected chi connectivity index (χ3v) is 5.38. The number of aldehydes is 1. The van der Waals surface area contributed by atoms with Crippen molar-refractivity contribution >= 4 is 28.4 Å². The van der Waals surface area contributed by atoms with E-state index < -0.39 is 5.54 Å². The maximum Gasteiger partial charge on any atom is 0.165 e. The number of methoxy groups -OCH3 is 1. The van der Waals surface area contributed by atoms with E-state index in [9.17, 15) is 4.79 Å². The summed E-state index contributed by atoms with van der Waals surface area (Å²) in [6.45, 7) is 0. The van der Waals surface area contributed by atoms with Crippen LogP contribution in [0.4, 0.5) is 5.69 Å². The van der Waals surface area contributed by atoms with Crippen LogP contribution in [0.25, 0.3) is 16.4 Å². The number of ether oxygens (including phenoxy) is 1. The fourth-order valence-electron chi connectivity index (χ4n) is 3.88. The molecule has 0 saturated heterocycles. The molecule has 0 radical (unpaired) electrons. The number of pyridine rings is 1. The van der Waals surface area contributed by atoms with Gasteiger partial charge >= 0.3 is 0 Å². The van der Waals surface area contributed by atoms with E-state index in [1.54, 1.807) is 11.6 Å². The van der Waals surface area contributed by atoms with E-state index in [-0.39, 0.29) is 0 Å². The van der Waals surface area contributed by atoms with Crippen molar-refractivity contribution in [2.24, 2.45) is 0 Å². The van der Waals surface area contributed by atoms with Gasteiger partial charge in [-0.15, -0.1) is 0 Å². The van der Waals surface area contributed by atoms with Gasteiger partial charge in [-0.3, -0.25) is 4.79 Å². The van der Waals surface area contributed by atoms with Crippen molar-refractivity contribution in [2.75, 3.05) is 12.4 Å². The molecule has 5 rings (SSSR count). The first-order valence-electron chi connectivity index (χ1n) is 9.63. The van der Waals surface area contributed by atoms with Gasteiger partial charge in [0.25, 0.3) is 0 Å². The molecule has 0 aliphatic carbocycles. The van der Waals surface area contributed by atoms with E-state index in [4.69, 9.17) is 9.84 Å². The lowest BCUT2D eigenvalue weighted by molar-refractivity contribution is -0.110. The monoisotopic (exact) mass is 396 g/mol. The van der Waals surface area contributed by atoms with E-state index >= 15 is 0 Å². The lowest BCUT2D eigenvalue weighted by Crippen LogP contribution is -2.39. The van der Waals surface area contributed by atoms with Crippen molar-refractivity contribution in [2.45, 2.75) is 5.54 Å². The summed E-state index contributed by atoms with van der Waals surface area (Å²) in [6, 6.07) is 23.2. The molecule has 3 aromatic heterocycles. The molecule has 148 valence electrons. The predicted octanol–water partition coefficient (Wildman–Crippen LogP) is 4.38. The fourth-order valence-corrected chi connectivity index (χ4v) is 3.88. The zero-order chi connectivity index (χ0) is 20.6. The molecular formula is C24H20N4O2. The van der Waals surface area contributed by atoms with Crippen molar-refractivity contribution in [3.05, 3.63) is 96.4 Å². The quantitative estimate of drug-likeness (QED) is 0.418. The Kier molecular flexibility index (Phi) is 4.25. The molecule has 6 nitrogen and oxygen atoms in total. The van der Waals surface area contributed by atoms with Crippen LogP contribution in [0.3, 0.4) is 0 Å². The lowest BCUT2D eigenvalue weighted by atomic mass is 9.87. The summed E-state index contributed by atoms with van der Waals surface area (Å²) < 4.78 is 7.14. The van der Waals surface area contributed by atoms with Crippen molar-refractivity contribution < 1.29 is 9.53 Å². The fraction of sp³-hybridized carbons (Fsp3) is 0.0833. The third-order valence-electron chi connectivity index (χ3n) is 5.38. The smallest absolute Gasteiger partial charge is 0.165 e. The zero-order valence-corrected chi connectivity index (χ0v) is 16.4. The molecule has 3 heterocycles. The van der Waals surface area contributed by atoms with Gasteiger partial charge in [-0.2, -0.15) is 5.10 Å². The summed E-state index contributed by atoms with van der Waals surface area (Å²) in [6.07, 6.45) is 4.66. The zero-order valence-electron chi connectivity index (χ0n) is 16.4. The molecule has 0 saturated carbocycles. The van der Waals surface area contributed by atoms with Crippen molar-refractivity contribution in [3.8, 4) is 5.75 Å². The molecule has 1 atom stereocenters. The SMILES string of the molecule is COc1cccc(NC(C=O)(c2cc3ccccn3n2)c2c[nH]c3ccccc23)c1. The second-order valence-electron chi connectivity index (χ2n) is 7.13. The van der Waals surface area contributed by atoms with E-state index in [0.717, 1.165) is 34.0 Å². The Hall–Kier alpha value is -4.06. The first kappa shape index (κ1) is 18.0. The molecule has 2 aromatic carbocycles. The molecule has 30 heavy (non-hydrogen) atoms. The molecule has 0 amide bonds. The van der Waals surface area contributed by atoms with E-state index in [1.165, 1.54) is 0 Å². The summed E-state index contributed by atoms with van der Waals surface area (Å²) in [5.41, 5.74) is 2.83. The Morgan fingerprint density at radius 1 is 1.07 bits per heavy atom. The van der Waals surface area contributed by atoms with Gasteiger partial charge in [0.2, 0.25) is 0 Å². The number of aromatic amines is 1. The average molecular weight is 396 g/mol. The van der Waals surface area contributed by atoms with Gasteiger partial charge in [-0.1, -0.05) is 30.3 Å². The topological polar surface area (TPSA) is 71.4 Å². The molecule has 6 heteroatoms. The number of carbonyl (C=O) groups excluding carboxylic acids is 1. The number of aromatic nitrogens is 3. The summed E-state index contributed by atoms with van der Waals surface area (Å²) in [4.78, 5) is 16.1. The van der Waals surface area contributed by atoms with E-state index in [0.29, 0.717) is 11.4 Å². The molecule has 0 aliphatic heterocycles. The van der Waals surface area contributed by atoms with Crippen LogP contribution in [0, 0.1) is 0 Å². The number of fused-ring (bicyclic) bond motifs is 2. The number of carbonyl (C=O) groups is 1. The second-order valence-corrected chi connectivity index (χ2v) is 7.13. The van der Waals surface area contributed by atoms with Crippen LogP contribution in [-0.2, 0) is 10.3 Å². The van der Waals surface area contributed by atoms with Gasteiger partial charge < -0.3 is 15.0 Å². The maximum absolute atomic E-state index is 12.8. The maximum atomic E-state index is 12.8. The lowest BCUT2D eigenvalue weighted by Gasteiger charge is -2.29. The minimum absolute atomic E-state index is 0.608. The Morgan fingerprint density at radius 3 is 2.77 bits per heavy atom. The van der Waals surface area contributed by atoms with Crippen LogP contribution in [0.5, 0.6) is 5.75 Å². The van der Waals surface area contributed by atoms with Gasteiger partial charge in [-0.25, -0.2) is 4.52 Å². The Balaban J connectivity index is 1.76. The third kappa shape index (κ3) is 2.81. The number of anilines is 1. The van der Waals surface area contributed by atoms with E-state index in [2.05, 4.69) is 10.3 Å². The van der Waals surface area contributed by atoms with Crippen LogP contribution in [0.2, 0.25) is 0 Å². The number of nitrogens with zero attached hydrogens (tertiary/aromatic N) is 2. The van der Waals surface area contributed by atoms with Crippen molar-refractivity contribution in [1.82, 2.24) is 14.6 Å². The van der Waals surface area contributed by atoms with Crippen LogP contribution in [0.1, 0.15) is 11.3 Å². The molecule has 5 aromatic rings. The van der Waals surface area contributed by atoms with Gasteiger partial charge in [0, 0.05) is 40.6 Å². The van der Waals surface area contributed by atoms with Gasteiger partial charge in [0.05, 0.1) is 12.6 Å². The number of rotatable bonds is 6. The van der Waals surface area contributed by atoms with Gasteiger partial charge in [0.15, 0.2) is 11.8 Å². The summed E-state index contributed by atoms with van der Waals surface area (Å²) in [5.74, 6) is 0.703. The van der Waals surface area contributed by atoms with E-state index in [1.807, 2.05) is 85.2 Å². The van der Waals surface area contributed by atoms with Crippen molar-refractivity contribution in [3.63, 3.8) is 0 Å². The Bertz CT molecular complexity index is 1320. The highest BCUT2D eigenvalue weighted by atomic mass is 16.5. The van der Waals surface area contributed by atoms with Crippen LogP contribution < -0.4 is 10.1 Å². The van der Waals surface area contributed by atoms with Crippen LogP contribution in [-0.4, -0.2) is 28.0 Å². The predicted molar refractivity (Wildman–Crippen MR) is 117 cm³/mol. The van der Waals surface area contributed by atoms with Gasteiger partial charge in [0.1, 0.15) is 11.4 Å². The molecular weight excluding hydrogens is 376 g/mol. The summed E-state index contributed by atoms with van der Waals surface area (Å²) in [5, 5.41) is 9.14. The second kappa shape index (κ2) is 7.08. The Morgan fingerprint density at radius 2 is 1.93 bits per heavy atom.